The van der Waals surface area contributed by atoms with E-state index in [4.69, 9.17) is 5.53 Å². The minimum absolute atomic E-state index is 0.0366. The van der Waals surface area contributed by atoms with E-state index in [1.807, 2.05) is 0 Å². The summed E-state index contributed by atoms with van der Waals surface area (Å²) in [5.41, 5.74) is 9.29. The smallest absolute Gasteiger partial charge is 0.334 e. The van der Waals surface area contributed by atoms with Crippen LogP contribution < -0.4 is 0 Å². The van der Waals surface area contributed by atoms with Gasteiger partial charge in [0.2, 0.25) is 5.78 Å². The van der Waals surface area contributed by atoms with Gasteiger partial charge in [-0.2, -0.15) is 4.79 Å². The molecule has 1 rings (SSSR count). The molecule has 0 aromatic rings. The van der Waals surface area contributed by atoms with E-state index in [9.17, 15) is 4.79 Å². The third-order valence-electron chi connectivity index (χ3n) is 3.67. The van der Waals surface area contributed by atoms with E-state index in [-0.39, 0.29) is 5.78 Å². The van der Waals surface area contributed by atoms with Gasteiger partial charge in [0.25, 0.3) is 0 Å². The molecule has 1 aliphatic rings. The van der Waals surface area contributed by atoms with Crippen molar-refractivity contribution in [2.45, 2.75) is 77.0 Å². The van der Waals surface area contributed by atoms with Gasteiger partial charge in [0.1, 0.15) is 0 Å². The minimum Gasteiger partial charge on any atom is -0.361 e. The standard InChI is InChI=1S/C16H26N2O/c17-18-15-13-11-9-7-5-3-1-2-4-6-8-10-12-14-16(15)19/h1-2H,3-14H2/b2-1+. The fourth-order valence-corrected chi connectivity index (χ4v) is 2.43. The molecule has 0 saturated carbocycles. The van der Waals surface area contributed by atoms with Crippen molar-refractivity contribution in [3.8, 4) is 0 Å². The summed E-state index contributed by atoms with van der Waals surface area (Å²) in [6.07, 6.45) is 17.0. The summed E-state index contributed by atoms with van der Waals surface area (Å²) >= 11 is 0. The van der Waals surface area contributed by atoms with E-state index in [1.54, 1.807) is 0 Å². The Labute approximate surface area is 116 Å². The summed E-state index contributed by atoms with van der Waals surface area (Å²) in [5, 5.41) is 0. The molecule has 0 spiro atoms. The highest BCUT2D eigenvalue weighted by molar-refractivity contribution is 6.37. The van der Waals surface area contributed by atoms with E-state index in [0.29, 0.717) is 18.6 Å². The van der Waals surface area contributed by atoms with Crippen molar-refractivity contribution < 1.29 is 9.58 Å². The predicted octanol–water partition coefficient (Wildman–Crippen LogP) is 4.48. The number of allylic oxidation sites excluding steroid dienone is 2. The molecular weight excluding hydrogens is 236 g/mol. The SMILES string of the molecule is [N-]=[N+]=C1CCCCCC/C=C/CCCCCCC1=O. The Kier molecular flexibility index (Phi) is 8.91. The van der Waals surface area contributed by atoms with Crippen molar-refractivity contribution in [3.63, 3.8) is 0 Å². The molecule has 3 heteroatoms. The van der Waals surface area contributed by atoms with Crippen molar-refractivity contribution >= 4 is 11.5 Å². The first-order valence-corrected chi connectivity index (χ1v) is 7.73. The molecule has 19 heavy (non-hydrogen) atoms. The molecule has 0 atom stereocenters. The lowest BCUT2D eigenvalue weighted by Crippen LogP contribution is -2.15. The molecular formula is C16H26N2O. The number of rotatable bonds is 0. The second-order valence-electron chi connectivity index (χ2n) is 5.35. The van der Waals surface area contributed by atoms with Gasteiger partial charge in [-0.1, -0.05) is 37.8 Å². The largest absolute Gasteiger partial charge is 0.361 e. The van der Waals surface area contributed by atoms with Gasteiger partial charge in [-0.15, -0.1) is 0 Å². The van der Waals surface area contributed by atoms with Crippen LogP contribution in [0.25, 0.3) is 5.53 Å². The van der Waals surface area contributed by atoms with Crippen molar-refractivity contribution in [1.82, 2.24) is 0 Å². The molecule has 0 aliphatic heterocycles. The molecule has 0 amide bonds. The van der Waals surface area contributed by atoms with Gasteiger partial charge in [0, 0.05) is 6.42 Å². The lowest BCUT2D eigenvalue weighted by atomic mass is 10.0. The average Bonchev–Trinajstić information content (AvgIpc) is 2.42. The maximum Gasteiger partial charge on any atom is 0.334 e. The Balaban J connectivity index is 2.41. The van der Waals surface area contributed by atoms with Crippen molar-refractivity contribution in [1.29, 1.82) is 0 Å². The fraction of sp³-hybridized carbons (Fsp3) is 0.750. The number of hydrogen-bond acceptors (Lipinski definition) is 1. The number of ketones is 1. The van der Waals surface area contributed by atoms with Gasteiger partial charge >= 0.3 is 5.71 Å². The number of Topliss-reactive ketones (excluding diaryl/α,β-unsaturated/α-hetero) is 1. The highest BCUT2D eigenvalue weighted by Crippen LogP contribution is 2.11. The summed E-state index contributed by atoms with van der Waals surface area (Å²) in [6, 6.07) is 0. The maximum atomic E-state index is 11.8. The Morgan fingerprint density at radius 3 is 1.89 bits per heavy atom. The minimum atomic E-state index is 0.0366. The predicted molar refractivity (Wildman–Crippen MR) is 78.2 cm³/mol. The molecule has 0 heterocycles. The zero-order valence-corrected chi connectivity index (χ0v) is 11.9. The van der Waals surface area contributed by atoms with Gasteiger partial charge < -0.3 is 5.53 Å². The monoisotopic (exact) mass is 262 g/mol. The van der Waals surface area contributed by atoms with Crippen LogP contribution in [0.1, 0.15) is 77.0 Å². The summed E-state index contributed by atoms with van der Waals surface area (Å²) in [4.78, 5) is 15.0. The first kappa shape index (κ1) is 15.8. The molecule has 0 unspecified atom stereocenters. The Hall–Kier alpha value is -1.21. The molecule has 0 aromatic carbocycles. The van der Waals surface area contributed by atoms with Crippen LogP contribution in [0.5, 0.6) is 0 Å². The highest BCUT2D eigenvalue weighted by Gasteiger charge is 2.18. The number of carbonyl (C=O) groups is 1. The Morgan fingerprint density at radius 1 is 0.789 bits per heavy atom. The van der Waals surface area contributed by atoms with Crippen molar-refractivity contribution in [2.75, 3.05) is 0 Å². The van der Waals surface area contributed by atoms with Crippen LogP contribution in [0.4, 0.5) is 0 Å². The second kappa shape index (κ2) is 10.7. The van der Waals surface area contributed by atoms with Gasteiger partial charge in [0.05, 0.1) is 6.42 Å². The van der Waals surface area contributed by atoms with E-state index in [1.165, 1.54) is 32.1 Å². The summed E-state index contributed by atoms with van der Waals surface area (Å²) in [6.45, 7) is 0. The van der Waals surface area contributed by atoms with Gasteiger partial charge in [0.15, 0.2) is 0 Å². The molecule has 0 aromatic heterocycles. The molecule has 0 fully saturated rings. The van der Waals surface area contributed by atoms with Crippen LogP contribution in [0.2, 0.25) is 0 Å². The zero-order chi connectivity index (χ0) is 13.8. The maximum absolute atomic E-state index is 11.8. The van der Waals surface area contributed by atoms with Crippen LogP contribution in [0.15, 0.2) is 12.2 Å². The van der Waals surface area contributed by atoms with Crippen LogP contribution in [-0.2, 0) is 4.79 Å². The van der Waals surface area contributed by atoms with Crippen LogP contribution in [-0.4, -0.2) is 16.3 Å². The fourth-order valence-electron chi connectivity index (χ4n) is 2.43. The molecule has 0 saturated heterocycles. The third kappa shape index (κ3) is 7.74. The average molecular weight is 262 g/mol. The van der Waals surface area contributed by atoms with Gasteiger partial charge in [-0.25, -0.2) is 0 Å². The number of carbonyl (C=O) groups excluding carboxylic acids is 1. The summed E-state index contributed by atoms with van der Waals surface area (Å²) in [7, 11) is 0. The molecule has 1 aliphatic carbocycles. The van der Waals surface area contributed by atoms with Gasteiger partial charge in [-0.05, 0) is 38.5 Å². The normalized spacial score (nSPS) is 22.7. The summed E-state index contributed by atoms with van der Waals surface area (Å²) < 4.78 is 0. The summed E-state index contributed by atoms with van der Waals surface area (Å²) in [5.74, 6) is 0.0366. The lowest BCUT2D eigenvalue weighted by Gasteiger charge is -2.01. The van der Waals surface area contributed by atoms with Crippen LogP contribution >= 0.6 is 0 Å². The van der Waals surface area contributed by atoms with Crippen molar-refractivity contribution in [3.05, 3.63) is 17.7 Å². The first-order valence-electron chi connectivity index (χ1n) is 7.73. The third-order valence-corrected chi connectivity index (χ3v) is 3.67. The Morgan fingerprint density at radius 2 is 1.32 bits per heavy atom. The van der Waals surface area contributed by atoms with E-state index in [0.717, 1.165) is 32.1 Å². The molecule has 0 bridgehead atoms. The Bertz CT molecular complexity index is 341. The molecule has 0 N–H and O–H groups in total. The van der Waals surface area contributed by atoms with Crippen molar-refractivity contribution in [2.24, 2.45) is 0 Å². The van der Waals surface area contributed by atoms with Crippen LogP contribution in [0.3, 0.4) is 0 Å². The molecule has 106 valence electrons. The highest BCUT2D eigenvalue weighted by atomic mass is 16.1. The second-order valence-corrected chi connectivity index (χ2v) is 5.35. The number of nitrogens with zero attached hydrogens (tertiary/aromatic N) is 2. The quantitative estimate of drug-likeness (QED) is 0.361. The van der Waals surface area contributed by atoms with Crippen LogP contribution in [0, 0.1) is 0 Å². The zero-order valence-electron chi connectivity index (χ0n) is 11.9. The first-order chi connectivity index (χ1) is 9.34. The molecule has 3 nitrogen and oxygen atoms in total. The van der Waals surface area contributed by atoms with Gasteiger partial charge in [-0.3, -0.25) is 4.79 Å². The lowest BCUT2D eigenvalue weighted by molar-refractivity contribution is -0.117. The van der Waals surface area contributed by atoms with E-state index >= 15 is 0 Å². The molecule has 0 radical (unpaired) electrons. The van der Waals surface area contributed by atoms with E-state index < -0.39 is 0 Å². The number of hydrogen-bond donors (Lipinski definition) is 0. The van der Waals surface area contributed by atoms with E-state index in [2.05, 4.69) is 16.9 Å². The topological polar surface area (TPSA) is 53.5 Å².